The van der Waals surface area contributed by atoms with Gasteiger partial charge in [0.25, 0.3) is 0 Å². The summed E-state index contributed by atoms with van der Waals surface area (Å²) in [6, 6.07) is 15.3. The number of ether oxygens (including phenoxy) is 3. The number of nitrogens with one attached hydrogen (secondary N) is 1. The van der Waals surface area contributed by atoms with Crippen LogP contribution in [-0.2, 0) is 17.9 Å². The zero-order valence-electron chi connectivity index (χ0n) is 17.3. The smallest absolute Gasteiger partial charge is 0.220 e. The van der Waals surface area contributed by atoms with Gasteiger partial charge in [-0.1, -0.05) is 12.1 Å². The molecule has 0 atom stereocenters. The van der Waals surface area contributed by atoms with Crippen LogP contribution >= 0.6 is 0 Å². The molecule has 0 bridgehead atoms. The van der Waals surface area contributed by atoms with Gasteiger partial charge in [0.05, 0.1) is 13.7 Å². The molecular formula is C24H25FN2O4. The van der Waals surface area contributed by atoms with Crippen molar-refractivity contribution in [2.75, 3.05) is 13.7 Å². The number of carbonyl (C=O) groups is 1. The van der Waals surface area contributed by atoms with Crippen molar-refractivity contribution in [1.82, 2.24) is 10.3 Å². The van der Waals surface area contributed by atoms with Crippen LogP contribution in [-0.4, -0.2) is 24.6 Å². The van der Waals surface area contributed by atoms with Crippen LogP contribution in [0.4, 0.5) is 4.39 Å². The Morgan fingerprint density at radius 2 is 1.84 bits per heavy atom. The minimum atomic E-state index is -0.348. The highest BCUT2D eigenvalue weighted by molar-refractivity contribution is 5.75. The quantitative estimate of drug-likeness (QED) is 0.465. The van der Waals surface area contributed by atoms with Gasteiger partial charge in [0.15, 0.2) is 11.5 Å². The van der Waals surface area contributed by atoms with Crippen LogP contribution < -0.4 is 19.5 Å². The lowest BCUT2D eigenvalue weighted by Gasteiger charge is -2.13. The lowest BCUT2D eigenvalue weighted by Crippen LogP contribution is -2.23. The number of pyridine rings is 1. The van der Waals surface area contributed by atoms with Crippen LogP contribution in [0.5, 0.6) is 17.2 Å². The van der Waals surface area contributed by atoms with E-state index >= 15 is 0 Å². The summed E-state index contributed by atoms with van der Waals surface area (Å²) in [5.74, 6) is 1.26. The molecule has 0 aliphatic carbocycles. The molecule has 0 spiro atoms. The first-order chi connectivity index (χ1) is 15.1. The van der Waals surface area contributed by atoms with Crippen molar-refractivity contribution in [2.24, 2.45) is 0 Å². The number of aromatic nitrogens is 1. The molecule has 0 saturated heterocycles. The maximum absolute atomic E-state index is 13.1. The first-order valence-electron chi connectivity index (χ1n) is 9.98. The minimum Gasteiger partial charge on any atom is -0.493 e. The van der Waals surface area contributed by atoms with Gasteiger partial charge in [-0.25, -0.2) is 4.39 Å². The van der Waals surface area contributed by atoms with E-state index in [0.29, 0.717) is 49.8 Å². The van der Waals surface area contributed by atoms with Crippen LogP contribution in [0.15, 0.2) is 67.0 Å². The zero-order chi connectivity index (χ0) is 21.9. The molecule has 3 rings (SSSR count). The maximum atomic E-state index is 13.1. The van der Waals surface area contributed by atoms with E-state index in [1.165, 1.54) is 12.1 Å². The van der Waals surface area contributed by atoms with Crippen LogP contribution in [0.2, 0.25) is 0 Å². The fraction of sp³-hybridized carbons (Fsp3) is 0.250. The Balaban J connectivity index is 1.41. The molecule has 1 aromatic heterocycles. The van der Waals surface area contributed by atoms with E-state index in [9.17, 15) is 9.18 Å². The molecule has 1 amide bonds. The Morgan fingerprint density at radius 3 is 2.61 bits per heavy atom. The molecule has 0 saturated carbocycles. The maximum Gasteiger partial charge on any atom is 0.220 e. The fourth-order valence-electron chi connectivity index (χ4n) is 2.85. The molecule has 162 valence electrons. The largest absolute Gasteiger partial charge is 0.493 e. The van der Waals surface area contributed by atoms with Crippen molar-refractivity contribution in [3.05, 3.63) is 83.9 Å². The van der Waals surface area contributed by atoms with Gasteiger partial charge in [0.1, 0.15) is 18.2 Å². The number of hydrogen-bond acceptors (Lipinski definition) is 5. The summed E-state index contributed by atoms with van der Waals surface area (Å²) in [5, 5.41) is 2.88. The number of rotatable bonds is 11. The number of amides is 1. The van der Waals surface area contributed by atoms with Crippen molar-refractivity contribution in [3.8, 4) is 17.2 Å². The lowest BCUT2D eigenvalue weighted by atomic mass is 10.2. The van der Waals surface area contributed by atoms with Crippen LogP contribution in [0.25, 0.3) is 0 Å². The van der Waals surface area contributed by atoms with Gasteiger partial charge in [0.2, 0.25) is 5.91 Å². The number of nitrogens with zero attached hydrogens (tertiary/aromatic N) is 1. The zero-order valence-corrected chi connectivity index (χ0v) is 17.3. The average molecular weight is 424 g/mol. The van der Waals surface area contributed by atoms with Crippen LogP contribution in [0.3, 0.4) is 0 Å². The Labute approximate surface area is 181 Å². The normalized spacial score (nSPS) is 10.4. The number of benzene rings is 2. The molecule has 6 nitrogen and oxygen atoms in total. The molecule has 3 aromatic rings. The SMILES string of the molecule is COc1cc(CNC(=O)CCCOc2cccc(F)c2)ccc1OCc1ccncc1. The molecule has 0 unspecified atom stereocenters. The summed E-state index contributed by atoms with van der Waals surface area (Å²) in [6.07, 6.45) is 4.29. The van der Waals surface area contributed by atoms with E-state index in [4.69, 9.17) is 14.2 Å². The summed E-state index contributed by atoms with van der Waals surface area (Å²) in [6.45, 7) is 1.13. The van der Waals surface area contributed by atoms with E-state index in [-0.39, 0.29) is 11.7 Å². The Kier molecular flexibility index (Phi) is 8.22. The van der Waals surface area contributed by atoms with E-state index < -0.39 is 0 Å². The molecule has 0 aliphatic heterocycles. The van der Waals surface area contributed by atoms with Gasteiger partial charge < -0.3 is 19.5 Å². The first kappa shape index (κ1) is 22.1. The van der Waals surface area contributed by atoms with Gasteiger partial charge >= 0.3 is 0 Å². The average Bonchev–Trinajstić information content (AvgIpc) is 2.80. The third-order valence-electron chi connectivity index (χ3n) is 4.47. The Hall–Kier alpha value is -3.61. The predicted octanol–water partition coefficient (Wildman–Crippen LogP) is 4.28. The van der Waals surface area contributed by atoms with Gasteiger partial charge in [-0.15, -0.1) is 0 Å². The minimum absolute atomic E-state index is 0.0835. The Morgan fingerprint density at radius 1 is 1.00 bits per heavy atom. The fourth-order valence-corrected chi connectivity index (χ4v) is 2.85. The molecule has 0 radical (unpaired) electrons. The third-order valence-corrected chi connectivity index (χ3v) is 4.47. The second kappa shape index (κ2) is 11.5. The molecule has 1 heterocycles. The van der Waals surface area contributed by atoms with Gasteiger partial charge in [-0.05, 0) is 53.9 Å². The number of carbonyl (C=O) groups excluding carboxylic acids is 1. The van der Waals surface area contributed by atoms with Gasteiger partial charge in [0, 0.05) is 31.4 Å². The van der Waals surface area contributed by atoms with E-state index in [2.05, 4.69) is 10.3 Å². The summed E-state index contributed by atoms with van der Waals surface area (Å²) >= 11 is 0. The molecule has 7 heteroatoms. The molecule has 0 aliphatic rings. The first-order valence-corrected chi connectivity index (χ1v) is 9.98. The van der Waals surface area contributed by atoms with Gasteiger partial charge in [-0.2, -0.15) is 0 Å². The summed E-state index contributed by atoms with van der Waals surface area (Å²) in [4.78, 5) is 16.1. The van der Waals surface area contributed by atoms with Crippen molar-refractivity contribution in [3.63, 3.8) is 0 Å². The molecule has 2 aromatic carbocycles. The van der Waals surface area contributed by atoms with E-state index in [0.717, 1.165) is 11.1 Å². The standard InChI is InChI=1S/C24H25FN2O4/c1-29-23-14-19(7-8-22(23)31-17-18-9-11-26-12-10-18)16-27-24(28)6-3-13-30-21-5-2-4-20(25)15-21/h2,4-5,7-12,14-15H,3,6,13,16-17H2,1H3,(H,27,28). The second-order valence-corrected chi connectivity index (χ2v) is 6.82. The summed E-state index contributed by atoms with van der Waals surface area (Å²) < 4.78 is 29.8. The van der Waals surface area contributed by atoms with Gasteiger partial charge in [-0.3, -0.25) is 9.78 Å². The van der Waals surface area contributed by atoms with E-state index in [1.807, 2.05) is 30.3 Å². The highest BCUT2D eigenvalue weighted by atomic mass is 19.1. The second-order valence-electron chi connectivity index (χ2n) is 6.82. The van der Waals surface area contributed by atoms with Crippen molar-refractivity contribution < 1.29 is 23.4 Å². The Bertz CT molecular complexity index is 982. The highest BCUT2D eigenvalue weighted by Crippen LogP contribution is 2.28. The number of hydrogen-bond donors (Lipinski definition) is 1. The third kappa shape index (κ3) is 7.29. The summed E-state index contributed by atoms with van der Waals surface area (Å²) in [5.41, 5.74) is 1.91. The van der Waals surface area contributed by atoms with Crippen molar-refractivity contribution >= 4 is 5.91 Å². The molecule has 0 fully saturated rings. The molecule has 1 N–H and O–H groups in total. The summed E-state index contributed by atoms with van der Waals surface area (Å²) in [7, 11) is 1.58. The number of methoxy groups -OCH3 is 1. The van der Waals surface area contributed by atoms with Crippen LogP contribution in [0, 0.1) is 5.82 Å². The lowest BCUT2D eigenvalue weighted by molar-refractivity contribution is -0.121. The van der Waals surface area contributed by atoms with Crippen molar-refractivity contribution in [2.45, 2.75) is 26.0 Å². The topological polar surface area (TPSA) is 69.7 Å². The van der Waals surface area contributed by atoms with Crippen molar-refractivity contribution in [1.29, 1.82) is 0 Å². The predicted molar refractivity (Wildman–Crippen MR) is 115 cm³/mol. The number of halogens is 1. The van der Waals surface area contributed by atoms with Crippen LogP contribution in [0.1, 0.15) is 24.0 Å². The highest BCUT2D eigenvalue weighted by Gasteiger charge is 2.08. The molecular weight excluding hydrogens is 399 g/mol. The van der Waals surface area contributed by atoms with E-state index in [1.54, 1.807) is 31.6 Å². The molecule has 31 heavy (non-hydrogen) atoms. The monoisotopic (exact) mass is 424 g/mol.